The SMILES string of the molecule is CC(=O)C(NC(=O)N(C)Cc1ccccc1)C(C)C. The highest BCUT2D eigenvalue weighted by Gasteiger charge is 2.22. The smallest absolute Gasteiger partial charge is 0.318 e. The number of Topliss-reactive ketones (excluding diaryl/α,β-unsaturated/α-hetero) is 1. The molecule has 0 aliphatic carbocycles. The van der Waals surface area contributed by atoms with E-state index in [0.29, 0.717) is 6.54 Å². The average molecular weight is 262 g/mol. The van der Waals surface area contributed by atoms with Crippen LogP contribution in [0.4, 0.5) is 4.79 Å². The van der Waals surface area contributed by atoms with Crippen molar-refractivity contribution in [2.45, 2.75) is 33.4 Å². The molecule has 0 fully saturated rings. The first-order valence-corrected chi connectivity index (χ1v) is 6.47. The normalized spacial score (nSPS) is 12.1. The number of rotatable bonds is 5. The molecule has 0 aliphatic heterocycles. The van der Waals surface area contributed by atoms with Gasteiger partial charge < -0.3 is 10.2 Å². The molecule has 0 heterocycles. The van der Waals surface area contributed by atoms with E-state index in [4.69, 9.17) is 0 Å². The van der Waals surface area contributed by atoms with E-state index in [0.717, 1.165) is 5.56 Å². The summed E-state index contributed by atoms with van der Waals surface area (Å²) in [6.07, 6.45) is 0. The van der Waals surface area contributed by atoms with Crippen molar-refractivity contribution in [3.8, 4) is 0 Å². The van der Waals surface area contributed by atoms with Crippen LogP contribution in [-0.4, -0.2) is 29.8 Å². The molecule has 1 rings (SSSR count). The quantitative estimate of drug-likeness (QED) is 0.886. The number of carbonyl (C=O) groups is 2. The molecule has 0 saturated heterocycles. The number of urea groups is 1. The fourth-order valence-corrected chi connectivity index (χ4v) is 1.91. The lowest BCUT2D eigenvalue weighted by Gasteiger charge is -2.24. The molecule has 1 N–H and O–H groups in total. The Morgan fingerprint density at radius 3 is 2.26 bits per heavy atom. The molecule has 0 spiro atoms. The van der Waals surface area contributed by atoms with Gasteiger partial charge in [-0.25, -0.2) is 4.79 Å². The summed E-state index contributed by atoms with van der Waals surface area (Å²) in [6.45, 7) is 5.87. The van der Waals surface area contributed by atoms with E-state index in [2.05, 4.69) is 5.32 Å². The topological polar surface area (TPSA) is 49.4 Å². The summed E-state index contributed by atoms with van der Waals surface area (Å²) in [5.74, 6) is 0.0723. The van der Waals surface area contributed by atoms with Gasteiger partial charge in [0.1, 0.15) is 0 Å². The summed E-state index contributed by atoms with van der Waals surface area (Å²) >= 11 is 0. The maximum absolute atomic E-state index is 12.0. The predicted octanol–water partition coefficient (Wildman–Crippen LogP) is 2.44. The number of hydrogen-bond acceptors (Lipinski definition) is 2. The minimum Gasteiger partial charge on any atom is -0.328 e. The Bertz CT molecular complexity index is 429. The maximum Gasteiger partial charge on any atom is 0.318 e. The number of nitrogens with one attached hydrogen (secondary N) is 1. The average Bonchev–Trinajstić information content (AvgIpc) is 2.35. The number of hydrogen-bond donors (Lipinski definition) is 1. The van der Waals surface area contributed by atoms with Crippen LogP contribution < -0.4 is 5.32 Å². The van der Waals surface area contributed by atoms with Crippen LogP contribution in [0.3, 0.4) is 0 Å². The van der Waals surface area contributed by atoms with Crippen LogP contribution in [-0.2, 0) is 11.3 Å². The second-order valence-corrected chi connectivity index (χ2v) is 5.12. The summed E-state index contributed by atoms with van der Waals surface area (Å²) < 4.78 is 0. The fourth-order valence-electron chi connectivity index (χ4n) is 1.91. The van der Waals surface area contributed by atoms with Gasteiger partial charge in [-0.15, -0.1) is 0 Å². The van der Waals surface area contributed by atoms with Gasteiger partial charge in [0.05, 0.1) is 6.04 Å². The van der Waals surface area contributed by atoms with Gasteiger partial charge in [-0.1, -0.05) is 44.2 Å². The minimum atomic E-state index is -0.425. The second-order valence-electron chi connectivity index (χ2n) is 5.12. The molecule has 0 saturated carbocycles. The number of benzene rings is 1. The van der Waals surface area contributed by atoms with Crippen LogP contribution in [0.5, 0.6) is 0 Å². The standard InChI is InChI=1S/C15H22N2O2/c1-11(2)14(12(3)18)16-15(19)17(4)10-13-8-6-5-7-9-13/h5-9,11,14H,10H2,1-4H3,(H,16,19). The lowest BCUT2D eigenvalue weighted by molar-refractivity contribution is -0.119. The summed E-state index contributed by atoms with van der Waals surface area (Å²) in [6, 6.07) is 9.10. The molecule has 19 heavy (non-hydrogen) atoms. The Balaban J connectivity index is 2.60. The second kappa shape index (κ2) is 6.92. The summed E-state index contributed by atoms with van der Waals surface area (Å²) in [5, 5.41) is 2.77. The van der Waals surface area contributed by atoms with Gasteiger partial charge in [0.25, 0.3) is 0 Å². The molecule has 0 radical (unpaired) electrons. The Kier molecular flexibility index (Phi) is 5.55. The van der Waals surface area contributed by atoms with E-state index in [1.165, 1.54) is 6.92 Å². The van der Waals surface area contributed by atoms with Gasteiger partial charge in [-0.05, 0) is 18.4 Å². The zero-order valence-corrected chi connectivity index (χ0v) is 12.0. The first-order valence-electron chi connectivity index (χ1n) is 6.47. The first kappa shape index (κ1) is 15.2. The lowest BCUT2D eigenvalue weighted by atomic mass is 10.0. The highest BCUT2D eigenvalue weighted by atomic mass is 16.2. The molecular weight excluding hydrogens is 240 g/mol. The van der Waals surface area contributed by atoms with E-state index < -0.39 is 6.04 Å². The molecule has 4 nitrogen and oxygen atoms in total. The Labute approximate surface area is 114 Å². The third kappa shape index (κ3) is 4.73. The van der Waals surface area contributed by atoms with Crippen molar-refractivity contribution >= 4 is 11.8 Å². The van der Waals surface area contributed by atoms with Crippen molar-refractivity contribution in [2.24, 2.45) is 5.92 Å². The largest absolute Gasteiger partial charge is 0.328 e. The highest BCUT2D eigenvalue weighted by molar-refractivity contribution is 5.87. The Morgan fingerprint density at radius 1 is 1.21 bits per heavy atom. The van der Waals surface area contributed by atoms with Crippen LogP contribution in [0, 0.1) is 5.92 Å². The zero-order chi connectivity index (χ0) is 14.4. The summed E-state index contributed by atoms with van der Waals surface area (Å²) in [7, 11) is 1.72. The summed E-state index contributed by atoms with van der Waals surface area (Å²) in [4.78, 5) is 25.1. The Hall–Kier alpha value is -1.84. The van der Waals surface area contributed by atoms with Gasteiger partial charge >= 0.3 is 6.03 Å². The van der Waals surface area contributed by atoms with E-state index >= 15 is 0 Å². The molecule has 1 atom stereocenters. The highest BCUT2D eigenvalue weighted by Crippen LogP contribution is 2.06. The van der Waals surface area contributed by atoms with Crippen LogP contribution in [0.2, 0.25) is 0 Å². The molecule has 1 aromatic rings. The van der Waals surface area contributed by atoms with Crippen molar-refractivity contribution in [1.82, 2.24) is 10.2 Å². The molecule has 1 unspecified atom stereocenters. The van der Waals surface area contributed by atoms with Gasteiger partial charge in [0.15, 0.2) is 5.78 Å². The van der Waals surface area contributed by atoms with Gasteiger partial charge in [-0.3, -0.25) is 4.79 Å². The van der Waals surface area contributed by atoms with E-state index in [9.17, 15) is 9.59 Å². The van der Waals surface area contributed by atoms with Crippen LogP contribution in [0.25, 0.3) is 0 Å². The molecule has 104 valence electrons. The van der Waals surface area contributed by atoms with E-state index in [1.807, 2.05) is 44.2 Å². The molecule has 0 bridgehead atoms. The number of amides is 2. The van der Waals surface area contributed by atoms with Crippen molar-refractivity contribution in [3.63, 3.8) is 0 Å². The van der Waals surface area contributed by atoms with Crippen molar-refractivity contribution in [1.29, 1.82) is 0 Å². The van der Waals surface area contributed by atoms with Gasteiger partial charge in [0.2, 0.25) is 0 Å². The van der Waals surface area contributed by atoms with Crippen molar-refractivity contribution in [2.75, 3.05) is 7.05 Å². The van der Waals surface area contributed by atoms with E-state index in [1.54, 1.807) is 11.9 Å². The summed E-state index contributed by atoms with van der Waals surface area (Å²) in [5.41, 5.74) is 1.06. The molecule has 0 aliphatic rings. The van der Waals surface area contributed by atoms with Gasteiger partial charge in [0, 0.05) is 13.6 Å². The third-order valence-corrected chi connectivity index (χ3v) is 2.99. The number of carbonyl (C=O) groups excluding carboxylic acids is 2. The van der Waals surface area contributed by atoms with Crippen LogP contribution in [0.15, 0.2) is 30.3 Å². The number of nitrogens with zero attached hydrogens (tertiary/aromatic N) is 1. The minimum absolute atomic E-state index is 0.0172. The molecule has 0 aromatic heterocycles. The van der Waals surface area contributed by atoms with Crippen molar-refractivity contribution < 1.29 is 9.59 Å². The third-order valence-electron chi connectivity index (χ3n) is 2.99. The zero-order valence-electron chi connectivity index (χ0n) is 12.0. The molecular formula is C15H22N2O2. The molecule has 2 amide bonds. The van der Waals surface area contributed by atoms with Gasteiger partial charge in [-0.2, -0.15) is 0 Å². The predicted molar refractivity (Wildman–Crippen MR) is 75.7 cm³/mol. The Morgan fingerprint density at radius 2 is 1.79 bits per heavy atom. The molecule has 1 aromatic carbocycles. The maximum atomic E-state index is 12.0. The van der Waals surface area contributed by atoms with Crippen LogP contribution in [0.1, 0.15) is 26.3 Å². The monoisotopic (exact) mass is 262 g/mol. The lowest BCUT2D eigenvalue weighted by Crippen LogP contribution is -2.48. The van der Waals surface area contributed by atoms with Crippen LogP contribution >= 0.6 is 0 Å². The first-order chi connectivity index (χ1) is 8.91. The molecule has 4 heteroatoms. The number of ketones is 1. The van der Waals surface area contributed by atoms with Crippen molar-refractivity contribution in [3.05, 3.63) is 35.9 Å². The van der Waals surface area contributed by atoms with E-state index in [-0.39, 0.29) is 17.7 Å². The fraction of sp³-hybridized carbons (Fsp3) is 0.467.